The van der Waals surface area contributed by atoms with Crippen molar-refractivity contribution in [2.24, 2.45) is 21.1 Å². The van der Waals surface area contributed by atoms with Crippen molar-refractivity contribution in [1.82, 2.24) is 33.4 Å². The quantitative estimate of drug-likeness (QED) is 0.330. The standard InChI is InChI=1S/C28H26F2N8O2S/c1-28(40)12-37(13-28)22-6-16(5-21-24(22)36(4)27(39)35(21)3)38-20-8-18(25(29)30)17(15-9-32-34(2)11-15)7-19(20)33-26(38)23-10-31-14-41-23/h5-11,14,25,40H,12-13H2,1-4H3. The number of anilines is 1. The molecule has 1 aliphatic heterocycles. The number of aliphatic hydroxyl groups is 1. The number of hydrogen-bond acceptors (Lipinski definition) is 7. The van der Waals surface area contributed by atoms with Crippen LogP contribution in [0.15, 0.2) is 53.2 Å². The zero-order valence-electron chi connectivity index (χ0n) is 22.7. The van der Waals surface area contributed by atoms with E-state index in [1.54, 1.807) is 72.1 Å². The predicted molar refractivity (Wildman–Crippen MR) is 154 cm³/mol. The number of aryl methyl sites for hydroxylation is 3. The van der Waals surface area contributed by atoms with Crippen LogP contribution in [0.5, 0.6) is 0 Å². The molecule has 0 radical (unpaired) electrons. The van der Waals surface area contributed by atoms with Crippen molar-refractivity contribution >= 4 is 39.1 Å². The van der Waals surface area contributed by atoms with Crippen LogP contribution in [0.25, 0.3) is 49.6 Å². The molecule has 1 fully saturated rings. The van der Waals surface area contributed by atoms with Crippen LogP contribution >= 0.6 is 11.3 Å². The van der Waals surface area contributed by atoms with Gasteiger partial charge in [-0.15, -0.1) is 11.3 Å². The Hall–Kier alpha value is -4.36. The first-order valence-electron chi connectivity index (χ1n) is 12.9. The van der Waals surface area contributed by atoms with Crippen molar-refractivity contribution in [2.45, 2.75) is 19.0 Å². The third-order valence-corrected chi connectivity index (χ3v) is 8.49. The number of nitrogens with zero attached hydrogens (tertiary/aromatic N) is 8. The first kappa shape index (κ1) is 25.6. The highest BCUT2D eigenvalue weighted by molar-refractivity contribution is 7.13. The molecule has 0 amide bonds. The molecule has 2 aromatic carbocycles. The molecule has 7 rings (SSSR count). The van der Waals surface area contributed by atoms with Gasteiger partial charge in [0.05, 0.1) is 55.6 Å². The largest absolute Gasteiger partial charge is 0.386 e. The Morgan fingerprint density at radius 2 is 1.83 bits per heavy atom. The lowest BCUT2D eigenvalue weighted by molar-refractivity contribution is 0.0312. The lowest BCUT2D eigenvalue weighted by Gasteiger charge is -2.46. The third kappa shape index (κ3) is 3.90. The van der Waals surface area contributed by atoms with E-state index in [9.17, 15) is 18.7 Å². The van der Waals surface area contributed by atoms with Gasteiger partial charge in [-0.2, -0.15) is 5.10 Å². The summed E-state index contributed by atoms with van der Waals surface area (Å²) in [6.07, 6.45) is 2.22. The van der Waals surface area contributed by atoms with Crippen LogP contribution in [-0.4, -0.2) is 57.2 Å². The average Bonchev–Trinajstić information content (AvgIpc) is 3.70. The number of hydrogen-bond donors (Lipinski definition) is 1. The first-order valence-corrected chi connectivity index (χ1v) is 13.8. The second kappa shape index (κ2) is 8.82. The molecule has 0 spiro atoms. The first-order chi connectivity index (χ1) is 19.5. The van der Waals surface area contributed by atoms with E-state index in [2.05, 4.69) is 10.1 Å². The van der Waals surface area contributed by atoms with Crippen LogP contribution in [0.3, 0.4) is 0 Å². The molecule has 1 N–H and O–H groups in total. The summed E-state index contributed by atoms with van der Waals surface area (Å²) in [6, 6.07) is 6.97. The molecule has 1 aliphatic rings. The molecule has 0 saturated carbocycles. The van der Waals surface area contributed by atoms with E-state index in [4.69, 9.17) is 4.98 Å². The minimum Gasteiger partial charge on any atom is -0.386 e. The fourth-order valence-electron chi connectivity index (χ4n) is 5.81. The Kier molecular flexibility index (Phi) is 5.51. The van der Waals surface area contributed by atoms with Crippen LogP contribution in [0, 0.1) is 0 Å². The Bertz CT molecular complexity index is 2030. The normalized spacial score (nSPS) is 15.0. The summed E-state index contributed by atoms with van der Waals surface area (Å²) in [4.78, 5) is 24.9. The van der Waals surface area contributed by atoms with Gasteiger partial charge in [-0.3, -0.25) is 23.4 Å². The number of β-amino-alcohol motifs (C(OH)–C–C–N with tert-alkyl or cyclic N) is 1. The van der Waals surface area contributed by atoms with Crippen LogP contribution in [0.1, 0.15) is 18.9 Å². The molecule has 0 aliphatic carbocycles. The van der Waals surface area contributed by atoms with Crippen molar-refractivity contribution in [3.05, 3.63) is 64.4 Å². The Balaban J connectivity index is 1.55. The maximum atomic E-state index is 14.5. The van der Waals surface area contributed by atoms with Gasteiger partial charge >= 0.3 is 5.69 Å². The molecule has 10 nitrogen and oxygen atoms in total. The molecular weight excluding hydrogens is 550 g/mol. The van der Waals surface area contributed by atoms with E-state index in [1.165, 1.54) is 17.4 Å². The summed E-state index contributed by atoms with van der Waals surface area (Å²) < 4.78 is 35.6. The van der Waals surface area contributed by atoms with Crippen LogP contribution in [0.4, 0.5) is 14.5 Å². The van der Waals surface area contributed by atoms with Crippen molar-refractivity contribution in [2.75, 3.05) is 18.0 Å². The van der Waals surface area contributed by atoms with E-state index in [0.717, 1.165) is 16.1 Å². The van der Waals surface area contributed by atoms with Crippen molar-refractivity contribution in [1.29, 1.82) is 0 Å². The van der Waals surface area contributed by atoms with Crippen LogP contribution in [-0.2, 0) is 21.1 Å². The maximum absolute atomic E-state index is 14.5. The third-order valence-electron chi connectivity index (χ3n) is 7.72. The minimum absolute atomic E-state index is 0.130. The zero-order valence-corrected chi connectivity index (χ0v) is 23.5. The van der Waals surface area contributed by atoms with Gasteiger partial charge < -0.3 is 10.0 Å². The highest BCUT2D eigenvalue weighted by atomic mass is 32.1. The summed E-state index contributed by atoms with van der Waals surface area (Å²) in [5, 5.41) is 14.7. The molecule has 6 aromatic rings. The van der Waals surface area contributed by atoms with Crippen LogP contribution in [0.2, 0.25) is 0 Å². The van der Waals surface area contributed by atoms with Gasteiger partial charge in [-0.1, -0.05) is 0 Å². The topological polar surface area (TPSA) is 98.9 Å². The van der Waals surface area contributed by atoms with E-state index in [0.29, 0.717) is 52.3 Å². The zero-order chi connectivity index (χ0) is 28.8. The summed E-state index contributed by atoms with van der Waals surface area (Å²) in [6.45, 7) is 2.56. The summed E-state index contributed by atoms with van der Waals surface area (Å²) in [7, 11) is 5.16. The van der Waals surface area contributed by atoms with Crippen molar-refractivity contribution < 1.29 is 13.9 Å². The minimum atomic E-state index is -2.74. The number of rotatable bonds is 5. The van der Waals surface area contributed by atoms with E-state index >= 15 is 0 Å². The monoisotopic (exact) mass is 576 g/mol. The lowest BCUT2D eigenvalue weighted by atomic mass is 9.95. The molecule has 13 heteroatoms. The summed E-state index contributed by atoms with van der Waals surface area (Å²) in [5.74, 6) is 0.549. The highest BCUT2D eigenvalue weighted by Crippen LogP contribution is 2.40. The number of benzene rings is 2. The maximum Gasteiger partial charge on any atom is 0.328 e. The second-order valence-electron chi connectivity index (χ2n) is 10.9. The van der Waals surface area contributed by atoms with E-state index in [-0.39, 0.29) is 11.3 Å². The molecule has 0 unspecified atom stereocenters. The predicted octanol–water partition coefficient (Wildman–Crippen LogP) is 4.25. The lowest BCUT2D eigenvalue weighted by Crippen LogP contribution is -2.60. The second-order valence-corrected chi connectivity index (χ2v) is 11.7. The molecule has 5 heterocycles. The van der Waals surface area contributed by atoms with Crippen LogP contribution < -0.4 is 10.6 Å². The Labute approximate surface area is 236 Å². The smallest absolute Gasteiger partial charge is 0.328 e. The van der Waals surface area contributed by atoms with Gasteiger partial charge in [0.15, 0.2) is 5.82 Å². The fraction of sp³-hybridized carbons (Fsp3) is 0.286. The number of aromatic nitrogens is 7. The highest BCUT2D eigenvalue weighted by Gasteiger charge is 2.38. The van der Waals surface area contributed by atoms with E-state index < -0.39 is 12.0 Å². The molecule has 4 aromatic heterocycles. The fourth-order valence-corrected chi connectivity index (χ4v) is 6.41. The molecule has 0 bridgehead atoms. The van der Waals surface area contributed by atoms with E-state index in [1.807, 2.05) is 21.6 Å². The number of thiazole rings is 1. The Morgan fingerprint density at radius 3 is 2.46 bits per heavy atom. The molecule has 210 valence electrons. The number of halogens is 2. The molecular formula is C28H26F2N8O2S. The Morgan fingerprint density at radius 1 is 1.05 bits per heavy atom. The van der Waals surface area contributed by atoms with Crippen molar-refractivity contribution in [3.63, 3.8) is 0 Å². The van der Waals surface area contributed by atoms with Gasteiger partial charge in [-0.25, -0.2) is 18.6 Å². The SMILES string of the molecule is Cn1cc(-c2cc3nc(-c4cncs4)n(-c4cc(N5CC(C)(O)C5)c5c(c4)n(C)c(=O)n5C)c3cc2C(F)F)cn1. The number of alkyl halides is 2. The van der Waals surface area contributed by atoms with Gasteiger partial charge in [0.1, 0.15) is 0 Å². The average molecular weight is 577 g/mol. The van der Waals surface area contributed by atoms with Gasteiger partial charge in [0.2, 0.25) is 0 Å². The number of imidazole rings is 2. The summed E-state index contributed by atoms with van der Waals surface area (Å²) >= 11 is 1.40. The molecule has 0 atom stereocenters. The van der Waals surface area contributed by atoms with Crippen molar-refractivity contribution in [3.8, 4) is 27.5 Å². The number of fused-ring (bicyclic) bond motifs is 2. The van der Waals surface area contributed by atoms with Gasteiger partial charge in [-0.05, 0) is 36.8 Å². The molecule has 41 heavy (non-hydrogen) atoms. The molecule has 1 saturated heterocycles. The van der Waals surface area contributed by atoms with Gasteiger partial charge in [0.25, 0.3) is 6.43 Å². The van der Waals surface area contributed by atoms with Gasteiger partial charge in [0, 0.05) is 57.8 Å². The summed E-state index contributed by atoms with van der Waals surface area (Å²) in [5.41, 5.74) is 5.33.